The molecule has 0 bridgehead atoms. The molecule has 2 aromatic rings. The predicted octanol–water partition coefficient (Wildman–Crippen LogP) is 3.56. The van der Waals surface area contributed by atoms with E-state index in [2.05, 4.69) is 10.6 Å². The van der Waals surface area contributed by atoms with Gasteiger partial charge < -0.3 is 24.8 Å². The van der Waals surface area contributed by atoms with Crippen LogP contribution in [0.4, 0.5) is 5.00 Å². The highest BCUT2D eigenvalue weighted by atomic mass is 32.1. The lowest BCUT2D eigenvalue weighted by Crippen LogP contribution is -2.27. The number of hydrogen-bond acceptors (Lipinski definition) is 6. The quantitative estimate of drug-likeness (QED) is 0.671. The van der Waals surface area contributed by atoms with Crippen molar-refractivity contribution in [3.8, 4) is 17.2 Å². The molecule has 0 radical (unpaired) electrons. The van der Waals surface area contributed by atoms with Crippen molar-refractivity contribution in [2.75, 3.05) is 25.6 Å². The number of amides is 2. The molecule has 2 N–H and O–H groups in total. The number of nitrogens with one attached hydrogen (secondary N) is 2. The average molecular weight is 441 g/mol. The molecule has 31 heavy (non-hydrogen) atoms. The maximum atomic E-state index is 12.8. The van der Waals surface area contributed by atoms with Gasteiger partial charge in [0.1, 0.15) is 18.2 Å². The molecule has 162 valence electrons. The average Bonchev–Trinajstić information content (AvgIpc) is 3.36. The second kappa shape index (κ2) is 8.26. The Morgan fingerprint density at radius 3 is 2.84 bits per heavy atom. The topological polar surface area (TPSA) is 85.9 Å². The van der Waals surface area contributed by atoms with Crippen LogP contribution in [-0.4, -0.2) is 38.2 Å². The lowest BCUT2D eigenvalue weighted by molar-refractivity contribution is -0.111. The Hall–Kier alpha value is -3.00. The standard InChI is InChI=1S/C23H24N2O5S/c1-28-16-11-13(12-17-21(16)30-10-9-29-17)5-8-19(26)25-23-20(22(27)24-14-6-7-14)15-3-2-4-18(15)31-23/h5,8,11-12,14H,2-4,6-7,9-10H2,1H3,(H,24,27)(H,25,26). The van der Waals surface area contributed by atoms with Crippen LogP contribution in [0.2, 0.25) is 0 Å². The first kappa shape index (κ1) is 19.9. The van der Waals surface area contributed by atoms with Crippen molar-refractivity contribution in [3.63, 3.8) is 0 Å². The largest absolute Gasteiger partial charge is 0.493 e. The summed E-state index contributed by atoms with van der Waals surface area (Å²) in [7, 11) is 1.57. The molecule has 1 fully saturated rings. The molecule has 2 aliphatic carbocycles. The summed E-state index contributed by atoms with van der Waals surface area (Å²) < 4.78 is 16.6. The molecule has 1 saturated carbocycles. The van der Waals surface area contributed by atoms with Gasteiger partial charge in [0.25, 0.3) is 5.91 Å². The van der Waals surface area contributed by atoms with Crippen molar-refractivity contribution in [2.45, 2.75) is 38.1 Å². The lowest BCUT2D eigenvalue weighted by Gasteiger charge is -2.20. The molecule has 0 saturated heterocycles. The van der Waals surface area contributed by atoms with Crippen LogP contribution in [0.25, 0.3) is 6.08 Å². The molecule has 0 unspecified atom stereocenters. The number of aryl methyl sites for hydroxylation is 1. The second-order valence-electron chi connectivity index (χ2n) is 7.88. The number of hydrogen-bond donors (Lipinski definition) is 2. The van der Waals surface area contributed by atoms with Crippen LogP contribution in [0.3, 0.4) is 0 Å². The van der Waals surface area contributed by atoms with Gasteiger partial charge in [0.05, 0.1) is 12.7 Å². The summed E-state index contributed by atoms with van der Waals surface area (Å²) in [5.41, 5.74) is 2.50. The first-order valence-electron chi connectivity index (χ1n) is 10.5. The van der Waals surface area contributed by atoms with Crippen LogP contribution in [0, 0.1) is 0 Å². The zero-order chi connectivity index (χ0) is 21.4. The molecule has 3 aliphatic rings. The van der Waals surface area contributed by atoms with E-state index in [0.29, 0.717) is 41.0 Å². The van der Waals surface area contributed by atoms with Crippen LogP contribution < -0.4 is 24.8 Å². The summed E-state index contributed by atoms with van der Waals surface area (Å²) in [6, 6.07) is 3.89. The summed E-state index contributed by atoms with van der Waals surface area (Å²) in [5, 5.41) is 6.61. The fraction of sp³-hybridized carbons (Fsp3) is 0.391. The molecule has 0 spiro atoms. The molecule has 7 nitrogen and oxygen atoms in total. The number of benzene rings is 1. The van der Waals surface area contributed by atoms with E-state index in [9.17, 15) is 9.59 Å². The van der Waals surface area contributed by atoms with Gasteiger partial charge in [-0.2, -0.15) is 0 Å². The molecule has 0 atom stereocenters. The highest BCUT2D eigenvalue weighted by Gasteiger charge is 2.30. The van der Waals surface area contributed by atoms with Crippen LogP contribution in [0.5, 0.6) is 17.2 Å². The van der Waals surface area contributed by atoms with Crippen molar-refractivity contribution < 1.29 is 23.8 Å². The third-order valence-electron chi connectivity index (χ3n) is 5.58. The van der Waals surface area contributed by atoms with Gasteiger partial charge >= 0.3 is 0 Å². The maximum Gasteiger partial charge on any atom is 0.254 e. The first-order chi connectivity index (χ1) is 15.1. The Labute approximate surface area is 184 Å². The molecular formula is C23H24N2O5S. The monoisotopic (exact) mass is 440 g/mol. The van der Waals surface area contributed by atoms with Gasteiger partial charge in [0, 0.05) is 17.0 Å². The summed E-state index contributed by atoms with van der Waals surface area (Å²) in [5.74, 6) is 1.38. The minimum Gasteiger partial charge on any atom is -0.493 e. The molecule has 1 aromatic carbocycles. The predicted molar refractivity (Wildman–Crippen MR) is 118 cm³/mol. The summed E-state index contributed by atoms with van der Waals surface area (Å²) in [6.07, 6.45) is 8.13. The normalized spacial score (nSPS) is 16.8. The third kappa shape index (κ3) is 4.12. The van der Waals surface area contributed by atoms with Crippen molar-refractivity contribution in [1.82, 2.24) is 5.32 Å². The van der Waals surface area contributed by atoms with E-state index in [4.69, 9.17) is 14.2 Å². The van der Waals surface area contributed by atoms with E-state index in [1.54, 1.807) is 19.3 Å². The van der Waals surface area contributed by atoms with Gasteiger partial charge in [0.2, 0.25) is 11.7 Å². The number of carbonyl (C=O) groups is 2. The zero-order valence-electron chi connectivity index (χ0n) is 17.3. The first-order valence-corrected chi connectivity index (χ1v) is 11.4. The van der Waals surface area contributed by atoms with Gasteiger partial charge in [0.15, 0.2) is 11.5 Å². The summed E-state index contributed by atoms with van der Waals surface area (Å²) in [4.78, 5) is 26.7. The van der Waals surface area contributed by atoms with E-state index in [1.807, 2.05) is 6.07 Å². The highest BCUT2D eigenvalue weighted by Crippen LogP contribution is 2.41. The van der Waals surface area contributed by atoms with E-state index < -0.39 is 0 Å². The van der Waals surface area contributed by atoms with E-state index in [-0.39, 0.29) is 17.9 Å². The molecule has 1 aromatic heterocycles. The van der Waals surface area contributed by atoms with Gasteiger partial charge in [-0.15, -0.1) is 11.3 Å². The van der Waals surface area contributed by atoms with Crippen molar-refractivity contribution in [3.05, 3.63) is 39.8 Å². The molecular weight excluding hydrogens is 416 g/mol. The number of anilines is 1. The summed E-state index contributed by atoms with van der Waals surface area (Å²) >= 11 is 1.52. The molecule has 2 heterocycles. The van der Waals surface area contributed by atoms with E-state index in [0.717, 1.165) is 43.2 Å². The number of fused-ring (bicyclic) bond motifs is 2. The van der Waals surface area contributed by atoms with Crippen molar-refractivity contribution in [1.29, 1.82) is 0 Å². The SMILES string of the molecule is COc1cc(C=CC(=O)Nc2sc3c(c2C(=O)NC2CC2)CCC3)cc2c1OCCO2. The molecule has 1 aliphatic heterocycles. The lowest BCUT2D eigenvalue weighted by atomic mass is 10.1. The Balaban J connectivity index is 1.34. The van der Waals surface area contributed by atoms with Crippen LogP contribution in [0.15, 0.2) is 18.2 Å². The van der Waals surface area contributed by atoms with E-state index in [1.165, 1.54) is 22.3 Å². The van der Waals surface area contributed by atoms with Gasteiger partial charge in [-0.3, -0.25) is 9.59 Å². The molecule has 2 amide bonds. The number of thiophene rings is 1. The number of ether oxygens (including phenoxy) is 3. The Morgan fingerprint density at radius 2 is 2.03 bits per heavy atom. The van der Waals surface area contributed by atoms with Crippen LogP contribution in [0.1, 0.15) is 45.6 Å². The highest BCUT2D eigenvalue weighted by molar-refractivity contribution is 7.17. The number of carbonyl (C=O) groups excluding carboxylic acids is 2. The number of rotatable bonds is 6. The number of methoxy groups -OCH3 is 1. The van der Waals surface area contributed by atoms with Crippen LogP contribution in [-0.2, 0) is 17.6 Å². The third-order valence-corrected chi connectivity index (χ3v) is 6.78. The van der Waals surface area contributed by atoms with Crippen LogP contribution >= 0.6 is 11.3 Å². The Kier molecular flexibility index (Phi) is 5.31. The van der Waals surface area contributed by atoms with Gasteiger partial charge in [-0.25, -0.2) is 0 Å². The molecule has 8 heteroatoms. The zero-order valence-corrected chi connectivity index (χ0v) is 18.1. The smallest absolute Gasteiger partial charge is 0.254 e. The van der Waals surface area contributed by atoms with E-state index >= 15 is 0 Å². The van der Waals surface area contributed by atoms with Gasteiger partial charge in [-0.05, 0) is 61.4 Å². The minimum atomic E-state index is -0.283. The maximum absolute atomic E-state index is 12.8. The van der Waals surface area contributed by atoms with Crippen molar-refractivity contribution >= 4 is 34.2 Å². The Bertz CT molecular complexity index is 1050. The Morgan fingerprint density at radius 1 is 1.19 bits per heavy atom. The van der Waals surface area contributed by atoms with Gasteiger partial charge in [-0.1, -0.05) is 0 Å². The van der Waals surface area contributed by atoms with Crippen molar-refractivity contribution in [2.24, 2.45) is 0 Å². The second-order valence-corrected chi connectivity index (χ2v) is 8.98. The minimum absolute atomic E-state index is 0.0715. The fourth-order valence-corrected chi connectivity index (χ4v) is 5.22. The summed E-state index contributed by atoms with van der Waals surface area (Å²) in [6.45, 7) is 0.945. The fourth-order valence-electron chi connectivity index (χ4n) is 3.93. The molecule has 5 rings (SSSR count).